The normalized spacial score (nSPS) is 15.4. The van der Waals surface area contributed by atoms with E-state index in [1.165, 1.54) is 16.1 Å². The molecule has 2 heterocycles. The summed E-state index contributed by atoms with van der Waals surface area (Å²) in [7, 11) is 3.75. The number of benzene rings is 2. The second-order valence-corrected chi connectivity index (χ2v) is 11.0. The van der Waals surface area contributed by atoms with Crippen molar-refractivity contribution >= 4 is 26.6 Å². The molecular formula is C25H33FN4O3S. The van der Waals surface area contributed by atoms with Crippen LogP contribution in [0.1, 0.15) is 12.0 Å². The van der Waals surface area contributed by atoms with Crippen LogP contribution in [0.4, 0.5) is 10.1 Å². The summed E-state index contributed by atoms with van der Waals surface area (Å²) in [5.41, 5.74) is 2.08. The molecule has 0 saturated carbocycles. The fourth-order valence-corrected chi connectivity index (χ4v) is 5.87. The molecule has 34 heavy (non-hydrogen) atoms. The van der Waals surface area contributed by atoms with E-state index in [2.05, 4.69) is 21.7 Å². The van der Waals surface area contributed by atoms with Crippen molar-refractivity contribution in [2.45, 2.75) is 17.7 Å². The van der Waals surface area contributed by atoms with Crippen molar-refractivity contribution in [1.29, 1.82) is 0 Å². The van der Waals surface area contributed by atoms with Gasteiger partial charge >= 0.3 is 0 Å². The van der Waals surface area contributed by atoms with E-state index in [4.69, 9.17) is 4.74 Å². The van der Waals surface area contributed by atoms with E-state index in [-0.39, 0.29) is 10.7 Å². The molecule has 0 aliphatic carbocycles. The molecule has 0 unspecified atom stereocenters. The van der Waals surface area contributed by atoms with Gasteiger partial charge in [0.25, 0.3) is 10.0 Å². The summed E-state index contributed by atoms with van der Waals surface area (Å²) in [6.45, 7) is 4.23. The Bertz CT molecular complexity index is 1260. The minimum absolute atomic E-state index is 0.184. The Morgan fingerprint density at radius 2 is 1.79 bits per heavy atom. The number of fused-ring (bicyclic) bond motifs is 1. The highest BCUT2D eigenvalue weighted by atomic mass is 32.2. The molecule has 0 radical (unpaired) electrons. The number of aryl methyl sites for hydroxylation is 1. The Morgan fingerprint density at radius 3 is 2.47 bits per heavy atom. The number of hydrogen-bond acceptors (Lipinski definition) is 6. The van der Waals surface area contributed by atoms with Gasteiger partial charge in [0.15, 0.2) is 0 Å². The van der Waals surface area contributed by atoms with Crippen LogP contribution in [-0.2, 0) is 16.4 Å². The standard InChI is InChI=1S/C25H33FN4O3S/c1-27(2)11-5-6-19-18-30(23-9-7-20(26)16-22(19)23)34(31,32)21-8-10-25(33-4)24(17-21)29-14-12-28(3)13-15-29/h7-10,16-18H,5-6,11-15H2,1-4H3. The van der Waals surface area contributed by atoms with Crippen molar-refractivity contribution in [3.05, 3.63) is 54.0 Å². The van der Waals surface area contributed by atoms with Gasteiger partial charge in [-0.1, -0.05) is 0 Å². The second kappa shape index (κ2) is 9.93. The van der Waals surface area contributed by atoms with E-state index in [9.17, 15) is 12.8 Å². The van der Waals surface area contributed by atoms with Crippen molar-refractivity contribution in [2.24, 2.45) is 0 Å². The summed E-state index contributed by atoms with van der Waals surface area (Å²) < 4.78 is 48.5. The van der Waals surface area contributed by atoms with Crippen molar-refractivity contribution < 1.29 is 17.5 Å². The van der Waals surface area contributed by atoms with Gasteiger partial charge in [-0.25, -0.2) is 16.8 Å². The minimum Gasteiger partial charge on any atom is -0.495 e. The molecular weight excluding hydrogens is 455 g/mol. The molecule has 1 aromatic heterocycles. The molecule has 0 bridgehead atoms. The Labute approximate surface area is 201 Å². The Hall–Kier alpha value is -2.62. The largest absolute Gasteiger partial charge is 0.495 e. The summed E-state index contributed by atoms with van der Waals surface area (Å²) in [6, 6.07) is 9.26. The highest BCUT2D eigenvalue weighted by Gasteiger charge is 2.25. The van der Waals surface area contributed by atoms with E-state index in [1.807, 2.05) is 14.1 Å². The number of ether oxygens (including phenoxy) is 1. The first-order chi connectivity index (χ1) is 16.2. The predicted octanol–water partition coefficient (Wildman–Crippen LogP) is 3.27. The van der Waals surface area contributed by atoms with Gasteiger partial charge in [0.1, 0.15) is 11.6 Å². The smallest absolute Gasteiger partial charge is 0.268 e. The number of nitrogens with zero attached hydrogens (tertiary/aromatic N) is 4. The van der Waals surface area contributed by atoms with Crippen LogP contribution < -0.4 is 9.64 Å². The fourth-order valence-electron chi connectivity index (χ4n) is 4.46. The van der Waals surface area contributed by atoms with Crippen LogP contribution in [0.3, 0.4) is 0 Å². The number of likely N-dealkylation sites (N-methyl/N-ethyl adjacent to an activating group) is 1. The van der Waals surface area contributed by atoms with Gasteiger partial charge in [-0.3, -0.25) is 0 Å². The molecule has 0 N–H and O–H groups in total. The number of rotatable bonds is 8. The first-order valence-corrected chi connectivity index (χ1v) is 13.0. The number of halogens is 1. The zero-order valence-corrected chi connectivity index (χ0v) is 21.1. The Balaban J connectivity index is 1.76. The summed E-state index contributed by atoms with van der Waals surface area (Å²) in [5, 5.41) is 0.634. The van der Waals surface area contributed by atoms with Gasteiger partial charge in [-0.15, -0.1) is 0 Å². The summed E-state index contributed by atoms with van der Waals surface area (Å²) in [4.78, 5) is 6.66. The van der Waals surface area contributed by atoms with E-state index < -0.39 is 10.0 Å². The van der Waals surface area contributed by atoms with Gasteiger partial charge < -0.3 is 19.4 Å². The minimum atomic E-state index is -3.90. The maximum atomic E-state index is 14.1. The monoisotopic (exact) mass is 488 g/mol. The zero-order chi connectivity index (χ0) is 24.5. The lowest BCUT2D eigenvalue weighted by Crippen LogP contribution is -2.44. The summed E-state index contributed by atoms with van der Waals surface area (Å²) in [6.07, 6.45) is 3.16. The second-order valence-electron chi connectivity index (χ2n) is 9.15. The van der Waals surface area contributed by atoms with Crippen molar-refractivity contribution in [2.75, 3.05) is 65.9 Å². The molecule has 3 aromatic rings. The Morgan fingerprint density at radius 1 is 1.06 bits per heavy atom. The van der Waals surface area contributed by atoms with Crippen molar-refractivity contribution in [3.8, 4) is 5.75 Å². The topological polar surface area (TPSA) is 58.0 Å². The molecule has 4 rings (SSSR count). The van der Waals surface area contributed by atoms with Crippen LogP contribution in [-0.4, -0.2) is 83.2 Å². The lowest BCUT2D eigenvalue weighted by molar-refractivity contribution is 0.311. The maximum absolute atomic E-state index is 14.1. The molecule has 7 nitrogen and oxygen atoms in total. The lowest BCUT2D eigenvalue weighted by atomic mass is 10.1. The number of methoxy groups -OCH3 is 1. The predicted molar refractivity (Wildman–Crippen MR) is 134 cm³/mol. The highest BCUT2D eigenvalue weighted by Crippen LogP contribution is 2.34. The quantitative estimate of drug-likeness (QED) is 0.485. The lowest BCUT2D eigenvalue weighted by Gasteiger charge is -2.34. The highest BCUT2D eigenvalue weighted by molar-refractivity contribution is 7.90. The third kappa shape index (κ3) is 4.92. The summed E-state index contributed by atoms with van der Waals surface area (Å²) in [5.74, 6) is 0.269. The van der Waals surface area contributed by atoms with E-state index >= 15 is 0 Å². The van der Waals surface area contributed by atoms with Crippen LogP contribution in [0.25, 0.3) is 10.9 Å². The number of hydrogen-bond donors (Lipinski definition) is 0. The molecule has 1 aliphatic rings. The molecule has 9 heteroatoms. The molecule has 0 atom stereocenters. The Kier molecular flexibility index (Phi) is 7.16. The zero-order valence-electron chi connectivity index (χ0n) is 20.3. The van der Waals surface area contributed by atoms with Gasteiger partial charge in [-0.05, 0) is 82.5 Å². The third-order valence-corrected chi connectivity index (χ3v) is 8.09. The average Bonchev–Trinajstić information content (AvgIpc) is 3.17. The SMILES string of the molecule is COc1ccc(S(=O)(=O)n2cc(CCCN(C)C)c3cc(F)ccc32)cc1N1CCN(C)CC1. The number of piperazine rings is 1. The van der Waals surface area contributed by atoms with Crippen LogP contribution in [0.2, 0.25) is 0 Å². The molecule has 1 aliphatic heterocycles. The molecule has 0 amide bonds. The van der Waals surface area contributed by atoms with Gasteiger partial charge in [0, 0.05) is 37.8 Å². The fraction of sp³-hybridized carbons (Fsp3) is 0.440. The first-order valence-electron chi connectivity index (χ1n) is 11.5. The van der Waals surface area contributed by atoms with E-state index in [0.717, 1.165) is 50.4 Å². The maximum Gasteiger partial charge on any atom is 0.268 e. The van der Waals surface area contributed by atoms with Crippen LogP contribution in [0, 0.1) is 5.82 Å². The van der Waals surface area contributed by atoms with Crippen LogP contribution in [0.15, 0.2) is 47.5 Å². The summed E-state index contributed by atoms with van der Waals surface area (Å²) >= 11 is 0. The van der Waals surface area contributed by atoms with E-state index in [1.54, 1.807) is 37.6 Å². The van der Waals surface area contributed by atoms with E-state index in [0.29, 0.717) is 23.1 Å². The average molecular weight is 489 g/mol. The van der Waals surface area contributed by atoms with Gasteiger partial charge in [-0.2, -0.15) is 0 Å². The van der Waals surface area contributed by atoms with Crippen LogP contribution >= 0.6 is 0 Å². The molecule has 184 valence electrons. The van der Waals surface area contributed by atoms with Crippen molar-refractivity contribution in [1.82, 2.24) is 13.8 Å². The first kappa shape index (κ1) is 24.5. The number of anilines is 1. The van der Waals surface area contributed by atoms with Crippen molar-refractivity contribution in [3.63, 3.8) is 0 Å². The van der Waals surface area contributed by atoms with Gasteiger partial charge in [0.05, 0.1) is 23.2 Å². The molecule has 1 saturated heterocycles. The third-order valence-electron chi connectivity index (χ3n) is 6.42. The number of aromatic nitrogens is 1. The van der Waals surface area contributed by atoms with Crippen LogP contribution in [0.5, 0.6) is 5.75 Å². The molecule has 1 fully saturated rings. The molecule has 0 spiro atoms. The molecule has 2 aromatic carbocycles. The van der Waals surface area contributed by atoms with Gasteiger partial charge in [0.2, 0.25) is 0 Å².